The molecule has 108 valence electrons. The fraction of sp³-hybridized carbons (Fsp3) is 0.333. The maximum absolute atomic E-state index is 11.7. The lowest BCUT2D eigenvalue weighted by Gasteiger charge is -2.17. The molecule has 5 nitrogen and oxygen atoms in total. The summed E-state index contributed by atoms with van der Waals surface area (Å²) < 4.78 is 0. The van der Waals surface area contributed by atoms with E-state index < -0.39 is 12.0 Å². The summed E-state index contributed by atoms with van der Waals surface area (Å²) in [4.78, 5) is 22.6. The molecule has 0 aliphatic carbocycles. The zero-order valence-electron chi connectivity index (χ0n) is 11.5. The Hall–Kier alpha value is -2.30. The van der Waals surface area contributed by atoms with Crippen molar-refractivity contribution in [2.75, 3.05) is 6.54 Å². The number of carboxylic acid groups (broad SMARTS) is 1. The van der Waals surface area contributed by atoms with Gasteiger partial charge in [-0.05, 0) is 18.9 Å². The van der Waals surface area contributed by atoms with E-state index in [4.69, 9.17) is 5.11 Å². The summed E-state index contributed by atoms with van der Waals surface area (Å²) in [7, 11) is 0. The van der Waals surface area contributed by atoms with E-state index in [2.05, 4.69) is 10.6 Å². The standard InChI is InChI=1S/C15H20N2O3/c1-2-3-7-10-16-15(20)17-13(11-14(18)19)12-8-5-4-6-9-12/h2-6,8-9,13H,7,10-11H2,1H3,(H,18,19)(H2,16,17,20)/b3-2+. The highest BCUT2D eigenvalue weighted by molar-refractivity contribution is 5.76. The van der Waals surface area contributed by atoms with Crippen molar-refractivity contribution in [2.24, 2.45) is 0 Å². The maximum Gasteiger partial charge on any atom is 0.315 e. The van der Waals surface area contributed by atoms with Gasteiger partial charge in [0.1, 0.15) is 0 Å². The SMILES string of the molecule is C/C=C/CCNC(=O)NC(CC(=O)O)c1ccccc1. The van der Waals surface area contributed by atoms with Gasteiger partial charge in [0.2, 0.25) is 0 Å². The van der Waals surface area contributed by atoms with Gasteiger partial charge >= 0.3 is 12.0 Å². The Kier molecular flexibility index (Phi) is 6.89. The average molecular weight is 276 g/mol. The highest BCUT2D eigenvalue weighted by atomic mass is 16.4. The van der Waals surface area contributed by atoms with Gasteiger partial charge in [0.05, 0.1) is 12.5 Å². The number of aliphatic carboxylic acids is 1. The van der Waals surface area contributed by atoms with Crippen LogP contribution in [0.2, 0.25) is 0 Å². The molecule has 0 spiro atoms. The number of urea groups is 1. The largest absolute Gasteiger partial charge is 0.481 e. The first-order chi connectivity index (χ1) is 9.63. The molecule has 1 aromatic rings. The molecule has 0 saturated carbocycles. The molecular weight excluding hydrogens is 256 g/mol. The molecule has 20 heavy (non-hydrogen) atoms. The van der Waals surface area contributed by atoms with Gasteiger partial charge in [-0.25, -0.2) is 4.79 Å². The van der Waals surface area contributed by atoms with E-state index in [1.165, 1.54) is 0 Å². The van der Waals surface area contributed by atoms with Crippen LogP contribution in [0.3, 0.4) is 0 Å². The monoisotopic (exact) mass is 276 g/mol. The predicted molar refractivity (Wildman–Crippen MR) is 77.4 cm³/mol. The fourth-order valence-corrected chi connectivity index (χ4v) is 1.76. The molecular formula is C15H20N2O3. The highest BCUT2D eigenvalue weighted by Crippen LogP contribution is 2.16. The van der Waals surface area contributed by atoms with E-state index in [1.54, 1.807) is 12.1 Å². The van der Waals surface area contributed by atoms with Gasteiger partial charge < -0.3 is 15.7 Å². The molecule has 0 aliphatic rings. The molecule has 1 rings (SSSR count). The first kappa shape index (κ1) is 15.8. The number of hydrogen-bond acceptors (Lipinski definition) is 2. The van der Waals surface area contributed by atoms with Crippen LogP contribution in [0.1, 0.15) is 31.4 Å². The summed E-state index contributed by atoms with van der Waals surface area (Å²) in [5.74, 6) is -0.951. The second-order valence-corrected chi connectivity index (χ2v) is 4.32. The second-order valence-electron chi connectivity index (χ2n) is 4.32. The molecule has 5 heteroatoms. The van der Waals surface area contributed by atoms with Crippen LogP contribution in [0.4, 0.5) is 4.79 Å². The minimum atomic E-state index is -0.951. The van der Waals surface area contributed by atoms with E-state index in [0.29, 0.717) is 6.54 Å². The third kappa shape index (κ3) is 6.04. The topological polar surface area (TPSA) is 78.4 Å². The Balaban J connectivity index is 2.57. The van der Waals surface area contributed by atoms with Gasteiger partial charge in [-0.3, -0.25) is 4.79 Å². The number of nitrogens with one attached hydrogen (secondary N) is 2. The number of allylic oxidation sites excluding steroid dienone is 1. The van der Waals surface area contributed by atoms with Gasteiger partial charge in [-0.1, -0.05) is 42.5 Å². The Morgan fingerprint density at radius 2 is 2.00 bits per heavy atom. The molecule has 0 heterocycles. The number of carboxylic acids is 1. The van der Waals surface area contributed by atoms with E-state index in [1.807, 2.05) is 37.3 Å². The lowest BCUT2D eigenvalue weighted by atomic mass is 10.0. The van der Waals surface area contributed by atoms with Gasteiger partial charge in [-0.15, -0.1) is 0 Å². The molecule has 0 aliphatic heterocycles. The van der Waals surface area contributed by atoms with E-state index in [9.17, 15) is 9.59 Å². The smallest absolute Gasteiger partial charge is 0.315 e. The molecule has 1 unspecified atom stereocenters. The average Bonchev–Trinajstić information content (AvgIpc) is 2.43. The summed E-state index contributed by atoms with van der Waals surface area (Å²) in [5, 5.41) is 14.3. The first-order valence-corrected chi connectivity index (χ1v) is 6.55. The van der Waals surface area contributed by atoms with Gasteiger partial charge in [0, 0.05) is 6.54 Å². The second kappa shape index (κ2) is 8.74. The third-order valence-corrected chi connectivity index (χ3v) is 2.72. The minimum Gasteiger partial charge on any atom is -0.481 e. The maximum atomic E-state index is 11.7. The van der Waals surface area contributed by atoms with Crippen molar-refractivity contribution < 1.29 is 14.7 Å². The number of carbonyl (C=O) groups is 2. The summed E-state index contributed by atoms with van der Waals surface area (Å²) >= 11 is 0. The van der Waals surface area contributed by atoms with Crippen molar-refractivity contribution in [1.82, 2.24) is 10.6 Å². The van der Waals surface area contributed by atoms with Crippen molar-refractivity contribution in [1.29, 1.82) is 0 Å². The van der Waals surface area contributed by atoms with E-state index >= 15 is 0 Å². The molecule has 0 radical (unpaired) electrons. The lowest BCUT2D eigenvalue weighted by Crippen LogP contribution is -2.39. The summed E-state index contributed by atoms with van der Waals surface area (Å²) in [6, 6.07) is 8.19. The highest BCUT2D eigenvalue weighted by Gasteiger charge is 2.17. The number of benzene rings is 1. The number of amides is 2. The van der Waals surface area contributed by atoms with Crippen LogP contribution in [0.25, 0.3) is 0 Å². The zero-order chi connectivity index (χ0) is 14.8. The molecule has 2 amide bonds. The van der Waals surface area contributed by atoms with Crippen LogP contribution < -0.4 is 10.6 Å². The summed E-state index contributed by atoms with van der Waals surface area (Å²) in [6.45, 7) is 2.43. The minimum absolute atomic E-state index is 0.147. The van der Waals surface area contributed by atoms with Crippen molar-refractivity contribution >= 4 is 12.0 Å². The molecule has 0 fully saturated rings. The van der Waals surface area contributed by atoms with Crippen molar-refractivity contribution in [3.8, 4) is 0 Å². The van der Waals surface area contributed by atoms with Crippen LogP contribution in [0.15, 0.2) is 42.5 Å². The van der Waals surface area contributed by atoms with E-state index in [-0.39, 0.29) is 12.5 Å². The third-order valence-electron chi connectivity index (χ3n) is 2.72. The van der Waals surface area contributed by atoms with Crippen LogP contribution in [0.5, 0.6) is 0 Å². The van der Waals surface area contributed by atoms with Crippen LogP contribution in [-0.4, -0.2) is 23.7 Å². The molecule has 1 atom stereocenters. The number of hydrogen-bond donors (Lipinski definition) is 3. The normalized spacial score (nSPS) is 12.1. The Morgan fingerprint density at radius 3 is 2.60 bits per heavy atom. The molecule has 3 N–H and O–H groups in total. The Labute approximate surface area is 118 Å². The molecule has 0 saturated heterocycles. The lowest BCUT2D eigenvalue weighted by molar-refractivity contribution is -0.137. The number of carbonyl (C=O) groups excluding carboxylic acids is 1. The Bertz CT molecular complexity index is 457. The Morgan fingerprint density at radius 1 is 1.30 bits per heavy atom. The quantitative estimate of drug-likeness (QED) is 0.529. The van der Waals surface area contributed by atoms with Gasteiger partial charge in [0.25, 0.3) is 0 Å². The first-order valence-electron chi connectivity index (χ1n) is 6.55. The summed E-state index contributed by atoms with van der Waals surface area (Å²) in [6.07, 6.45) is 4.47. The van der Waals surface area contributed by atoms with E-state index in [0.717, 1.165) is 12.0 Å². The van der Waals surface area contributed by atoms with Crippen molar-refractivity contribution in [3.63, 3.8) is 0 Å². The van der Waals surface area contributed by atoms with Crippen molar-refractivity contribution in [2.45, 2.75) is 25.8 Å². The van der Waals surface area contributed by atoms with Crippen LogP contribution in [-0.2, 0) is 4.79 Å². The molecule has 0 bridgehead atoms. The van der Waals surface area contributed by atoms with Crippen molar-refractivity contribution in [3.05, 3.63) is 48.0 Å². The molecule has 1 aromatic carbocycles. The number of rotatable bonds is 7. The molecule has 0 aromatic heterocycles. The van der Waals surface area contributed by atoms with Gasteiger partial charge in [-0.2, -0.15) is 0 Å². The van der Waals surface area contributed by atoms with Gasteiger partial charge in [0.15, 0.2) is 0 Å². The predicted octanol–water partition coefficient (Wildman–Crippen LogP) is 2.47. The van der Waals surface area contributed by atoms with Crippen LogP contribution >= 0.6 is 0 Å². The van der Waals surface area contributed by atoms with Crippen LogP contribution in [0, 0.1) is 0 Å². The summed E-state index contributed by atoms with van der Waals surface area (Å²) in [5.41, 5.74) is 0.776. The fourth-order valence-electron chi connectivity index (χ4n) is 1.76. The zero-order valence-corrected chi connectivity index (χ0v) is 11.5.